The maximum Gasteiger partial charge on any atom is 0.317 e. The van der Waals surface area contributed by atoms with Gasteiger partial charge in [-0.1, -0.05) is 18.2 Å². The largest absolute Gasteiger partial charge is 0.480 e. The Hall–Kier alpha value is -2.45. The van der Waals surface area contributed by atoms with Crippen molar-refractivity contribution in [2.45, 2.75) is 12.6 Å². The van der Waals surface area contributed by atoms with Crippen molar-refractivity contribution in [3.8, 4) is 0 Å². The van der Waals surface area contributed by atoms with Crippen LogP contribution in [0, 0.1) is 0 Å². The van der Waals surface area contributed by atoms with Crippen LogP contribution in [0.25, 0.3) is 10.9 Å². The number of carbonyl (C=O) groups excluding carboxylic acids is 1. The molecule has 134 valence electrons. The van der Waals surface area contributed by atoms with E-state index in [4.69, 9.17) is 9.84 Å². The summed E-state index contributed by atoms with van der Waals surface area (Å²) in [6.07, 6.45) is 1.69. The second kappa shape index (κ2) is 7.62. The van der Waals surface area contributed by atoms with E-state index in [-0.39, 0.29) is 25.1 Å². The van der Waals surface area contributed by atoms with Crippen LogP contribution in [0.1, 0.15) is 0 Å². The van der Waals surface area contributed by atoms with Gasteiger partial charge in [-0.2, -0.15) is 5.10 Å². The predicted molar refractivity (Wildman–Crippen MR) is 91.2 cm³/mol. The fourth-order valence-corrected chi connectivity index (χ4v) is 3.03. The summed E-state index contributed by atoms with van der Waals surface area (Å²) in [5.74, 6) is -0.890. The quantitative estimate of drug-likeness (QED) is 0.808. The summed E-state index contributed by atoms with van der Waals surface area (Å²) in [6, 6.07) is 7.74. The normalized spacial score (nSPS) is 18.0. The van der Waals surface area contributed by atoms with Crippen molar-refractivity contribution in [2.75, 3.05) is 39.8 Å². The molecular weight excluding hydrogens is 324 g/mol. The van der Waals surface area contributed by atoms with Crippen LogP contribution in [0.2, 0.25) is 0 Å². The zero-order chi connectivity index (χ0) is 17.8. The van der Waals surface area contributed by atoms with E-state index >= 15 is 0 Å². The second-order valence-corrected chi connectivity index (χ2v) is 6.31. The molecule has 0 aliphatic carbocycles. The van der Waals surface area contributed by atoms with Crippen molar-refractivity contribution in [1.82, 2.24) is 19.6 Å². The molecule has 1 aliphatic rings. The number of fused-ring (bicyclic) bond motifs is 1. The maximum atomic E-state index is 12.6. The zero-order valence-electron chi connectivity index (χ0n) is 14.2. The van der Waals surface area contributed by atoms with Crippen LogP contribution in [-0.4, -0.2) is 82.5 Å². The molecule has 8 heteroatoms. The average Bonchev–Trinajstić information content (AvgIpc) is 2.96. The fourth-order valence-electron chi connectivity index (χ4n) is 3.03. The Morgan fingerprint density at radius 1 is 1.40 bits per heavy atom. The Kier molecular flexibility index (Phi) is 5.30. The van der Waals surface area contributed by atoms with E-state index in [1.165, 1.54) is 0 Å². The summed E-state index contributed by atoms with van der Waals surface area (Å²) >= 11 is 0. The third-order valence-corrected chi connectivity index (χ3v) is 4.17. The van der Waals surface area contributed by atoms with Crippen LogP contribution in [0.3, 0.4) is 0 Å². The van der Waals surface area contributed by atoms with E-state index in [0.29, 0.717) is 26.2 Å². The van der Waals surface area contributed by atoms with Gasteiger partial charge in [0.2, 0.25) is 5.91 Å². The van der Waals surface area contributed by atoms with Gasteiger partial charge in [0.15, 0.2) is 0 Å². The summed E-state index contributed by atoms with van der Waals surface area (Å²) in [4.78, 5) is 26.7. The van der Waals surface area contributed by atoms with Crippen LogP contribution in [0.4, 0.5) is 0 Å². The van der Waals surface area contributed by atoms with Gasteiger partial charge in [0.05, 0.1) is 24.8 Å². The Morgan fingerprint density at radius 3 is 2.96 bits per heavy atom. The highest BCUT2D eigenvalue weighted by atomic mass is 16.5. The number of aromatic nitrogens is 2. The lowest BCUT2D eigenvalue weighted by Crippen LogP contribution is -2.50. The molecule has 0 bridgehead atoms. The molecule has 0 radical (unpaired) electrons. The topological polar surface area (TPSA) is 87.9 Å². The molecule has 1 N–H and O–H groups in total. The first-order valence-electron chi connectivity index (χ1n) is 8.23. The second-order valence-electron chi connectivity index (χ2n) is 6.31. The highest BCUT2D eigenvalue weighted by Gasteiger charge is 2.25. The number of nitrogens with zero attached hydrogens (tertiary/aromatic N) is 4. The number of ether oxygens (including phenoxy) is 1. The first kappa shape index (κ1) is 17.4. The van der Waals surface area contributed by atoms with Crippen LogP contribution >= 0.6 is 0 Å². The molecule has 0 saturated carbocycles. The highest BCUT2D eigenvalue weighted by molar-refractivity contribution is 5.80. The number of likely N-dealkylation sites (N-methyl/N-ethyl adjacent to an activating group) is 1. The van der Waals surface area contributed by atoms with Gasteiger partial charge in [-0.3, -0.25) is 19.2 Å². The number of hydrogen-bond acceptors (Lipinski definition) is 5. The summed E-state index contributed by atoms with van der Waals surface area (Å²) in [5.41, 5.74) is 0.866. The third-order valence-electron chi connectivity index (χ3n) is 4.17. The van der Waals surface area contributed by atoms with E-state index in [1.54, 1.807) is 21.5 Å². The molecule has 2 heterocycles. The molecule has 1 unspecified atom stereocenters. The summed E-state index contributed by atoms with van der Waals surface area (Å²) < 4.78 is 7.32. The number of carboxylic acids is 1. The van der Waals surface area contributed by atoms with Crippen LogP contribution in [-0.2, 0) is 20.9 Å². The molecular formula is C17H22N4O4. The molecule has 25 heavy (non-hydrogen) atoms. The van der Waals surface area contributed by atoms with Gasteiger partial charge < -0.3 is 14.7 Å². The minimum absolute atomic E-state index is 0.0120. The van der Waals surface area contributed by atoms with Crippen molar-refractivity contribution < 1.29 is 19.4 Å². The number of hydrogen-bond donors (Lipinski definition) is 1. The Balaban J connectivity index is 1.57. The van der Waals surface area contributed by atoms with Gasteiger partial charge >= 0.3 is 5.97 Å². The predicted octanol–water partition coefficient (Wildman–Crippen LogP) is 0.280. The van der Waals surface area contributed by atoms with Crippen molar-refractivity contribution in [3.63, 3.8) is 0 Å². The van der Waals surface area contributed by atoms with Gasteiger partial charge in [0, 0.05) is 31.2 Å². The number of rotatable bonds is 6. The monoisotopic (exact) mass is 346 g/mol. The van der Waals surface area contributed by atoms with Crippen molar-refractivity contribution >= 4 is 22.8 Å². The standard InChI is InChI=1S/C17H22N4O4/c1-19(12-17(23)24)9-14-10-20(6-7-25-14)16(22)11-21-8-13-4-2-3-5-15(13)18-21/h2-5,8,14H,6-7,9-12H2,1H3,(H,23,24). The van der Waals surface area contributed by atoms with Gasteiger partial charge in [-0.05, 0) is 13.1 Å². The molecule has 3 rings (SSSR count). The first-order valence-corrected chi connectivity index (χ1v) is 8.23. The van der Waals surface area contributed by atoms with Crippen molar-refractivity contribution in [1.29, 1.82) is 0 Å². The smallest absolute Gasteiger partial charge is 0.317 e. The Labute approximate surface area is 145 Å². The average molecular weight is 346 g/mol. The summed E-state index contributed by atoms with van der Waals surface area (Å²) in [5, 5.41) is 14.2. The molecule has 1 aromatic carbocycles. The van der Waals surface area contributed by atoms with Crippen LogP contribution < -0.4 is 0 Å². The highest BCUT2D eigenvalue weighted by Crippen LogP contribution is 2.12. The number of morpholine rings is 1. The molecule has 1 aromatic heterocycles. The molecule has 1 aliphatic heterocycles. The molecule has 1 saturated heterocycles. The SMILES string of the molecule is CN(CC(=O)O)CC1CN(C(=O)Cn2cc3ccccc3n2)CCO1. The van der Waals surface area contributed by atoms with E-state index in [9.17, 15) is 9.59 Å². The molecule has 1 fully saturated rings. The van der Waals surface area contributed by atoms with E-state index in [0.717, 1.165) is 10.9 Å². The summed E-state index contributed by atoms with van der Waals surface area (Å²) in [7, 11) is 1.73. The fraction of sp³-hybridized carbons (Fsp3) is 0.471. The van der Waals surface area contributed by atoms with Crippen molar-refractivity contribution in [3.05, 3.63) is 30.5 Å². The molecule has 2 aromatic rings. The minimum Gasteiger partial charge on any atom is -0.480 e. The molecule has 1 atom stereocenters. The minimum atomic E-state index is -0.878. The van der Waals surface area contributed by atoms with E-state index in [2.05, 4.69) is 5.10 Å². The van der Waals surface area contributed by atoms with Gasteiger partial charge in [0.1, 0.15) is 6.54 Å². The summed E-state index contributed by atoms with van der Waals surface area (Å²) in [6.45, 7) is 2.07. The van der Waals surface area contributed by atoms with Crippen LogP contribution in [0.5, 0.6) is 0 Å². The van der Waals surface area contributed by atoms with E-state index < -0.39 is 5.97 Å². The lowest BCUT2D eigenvalue weighted by Gasteiger charge is -2.34. The lowest BCUT2D eigenvalue weighted by atomic mass is 10.2. The first-order chi connectivity index (χ1) is 12.0. The number of carbonyl (C=O) groups is 2. The maximum absolute atomic E-state index is 12.6. The number of benzene rings is 1. The zero-order valence-corrected chi connectivity index (χ0v) is 14.2. The third kappa shape index (κ3) is 4.55. The lowest BCUT2D eigenvalue weighted by molar-refractivity contribution is -0.142. The number of aliphatic carboxylic acids is 1. The Bertz CT molecular complexity index is 727. The van der Waals surface area contributed by atoms with Gasteiger partial charge in [-0.15, -0.1) is 0 Å². The molecule has 0 spiro atoms. The molecule has 8 nitrogen and oxygen atoms in total. The number of amides is 1. The van der Waals surface area contributed by atoms with Gasteiger partial charge in [0.25, 0.3) is 0 Å². The van der Waals surface area contributed by atoms with Crippen LogP contribution in [0.15, 0.2) is 30.5 Å². The van der Waals surface area contributed by atoms with Gasteiger partial charge in [-0.25, -0.2) is 0 Å². The Morgan fingerprint density at radius 2 is 2.20 bits per heavy atom. The van der Waals surface area contributed by atoms with Crippen molar-refractivity contribution in [2.24, 2.45) is 0 Å². The number of carboxylic acid groups (broad SMARTS) is 1. The van der Waals surface area contributed by atoms with E-state index in [1.807, 2.05) is 30.5 Å². The molecule has 1 amide bonds.